The van der Waals surface area contributed by atoms with Gasteiger partial charge in [-0.05, 0) is 26.0 Å². The monoisotopic (exact) mass is 364 g/mol. The number of aryl methyl sites for hydroxylation is 2. The Bertz CT molecular complexity index is 827. The second-order valence-corrected chi connectivity index (χ2v) is 6.62. The molecule has 126 valence electrons. The van der Waals surface area contributed by atoms with E-state index in [0.717, 1.165) is 33.8 Å². The lowest BCUT2D eigenvalue weighted by Crippen LogP contribution is -2.04. The summed E-state index contributed by atoms with van der Waals surface area (Å²) < 4.78 is 12.8. The van der Waals surface area contributed by atoms with Gasteiger partial charge in [-0.2, -0.15) is 0 Å². The van der Waals surface area contributed by atoms with E-state index in [4.69, 9.17) is 20.9 Å². The number of nitrogens with zero attached hydrogens (tertiary/aromatic N) is 4. The molecule has 2 aromatic heterocycles. The Morgan fingerprint density at radius 3 is 2.75 bits per heavy atom. The predicted molar refractivity (Wildman–Crippen MR) is 92.3 cm³/mol. The molecule has 0 spiro atoms. The van der Waals surface area contributed by atoms with Crippen LogP contribution >= 0.6 is 23.4 Å². The summed E-state index contributed by atoms with van der Waals surface area (Å²) in [6.45, 7) is 4.15. The van der Waals surface area contributed by atoms with E-state index in [0.29, 0.717) is 17.4 Å². The fourth-order valence-electron chi connectivity index (χ4n) is 2.15. The zero-order chi connectivity index (χ0) is 17.1. The second-order valence-electron chi connectivity index (χ2n) is 5.27. The van der Waals surface area contributed by atoms with Crippen LogP contribution in [0.25, 0.3) is 0 Å². The number of ether oxygens (including phenoxy) is 1. The number of rotatable bonds is 6. The highest BCUT2D eigenvalue weighted by molar-refractivity contribution is 7.98. The molecule has 0 N–H and O–H groups in total. The van der Waals surface area contributed by atoms with E-state index < -0.39 is 0 Å². The maximum atomic E-state index is 6.09. The van der Waals surface area contributed by atoms with Crippen molar-refractivity contribution in [3.63, 3.8) is 0 Å². The van der Waals surface area contributed by atoms with Crippen molar-refractivity contribution < 1.29 is 9.26 Å². The van der Waals surface area contributed by atoms with Gasteiger partial charge in [0.25, 0.3) is 0 Å². The summed E-state index contributed by atoms with van der Waals surface area (Å²) in [5, 5.41) is 13.8. The van der Waals surface area contributed by atoms with Gasteiger partial charge in [-0.25, -0.2) is 0 Å². The predicted octanol–water partition coefficient (Wildman–Crippen LogP) is 3.94. The summed E-state index contributed by atoms with van der Waals surface area (Å²) in [6, 6.07) is 7.36. The quantitative estimate of drug-likeness (QED) is 0.617. The summed E-state index contributed by atoms with van der Waals surface area (Å²) in [4.78, 5) is 0. The van der Waals surface area contributed by atoms with Crippen molar-refractivity contribution in [3.8, 4) is 5.75 Å². The van der Waals surface area contributed by atoms with Crippen LogP contribution in [0.15, 0.2) is 33.9 Å². The van der Waals surface area contributed by atoms with Crippen LogP contribution in [-0.4, -0.2) is 19.9 Å². The molecule has 1 aromatic carbocycles. The summed E-state index contributed by atoms with van der Waals surface area (Å²) in [7, 11) is 1.92. The third-order valence-corrected chi connectivity index (χ3v) is 5.00. The molecule has 0 aliphatic heterocycles. The minimum absolute atomic E-state index is 0.305. The minimum atomic E-state index is 0.305. The average molecular weight is 365 g/mol. The highest BCUT2D eigenvalue weighted by atomic mass is 35.5. The Morgan fingerprint density at radius 1 is 1.25 bits per heavy atom. The number of thioether (sulfide) groups is 1. The maximum absolute atomic E-state index is 6.09. The van der Waals surface area contributed by atoms with Crippen LogP contribution in [0.2, 0.25) is 5.02 Å². The van der Waals surface area contributed by atoms with Crippen molar-refractivity contribution in [2.75, 3.05) is 0 Å². The van der Waals surface area contributed by atoms with Crippen molar-refractivity contribution in [1.29, 1.82) is 0 Å². The fourth-order valence-corrected chi connectivity index (χ4v) is 3.42. The molecule has 0 radical (unpaired) electrons. The van der Waals surface area contributed by atoms with E-state index in [2.05, 4.69) is 15.4 Å². The third-order valence-electron chi connectivity index (χ3n) is 3.65. The zero-order valence-corrected chi connectivity index (χ0v) is 15.2. The molecule has 0 atom stereocenters. The van der Waals surface area contributed by atoms with Gasteiger partial charge in [0.05, 0.1) is 10.7 Å². The van der Waals surface area contributed by atoms with E-state index in [1.165, 1.54) is 0 Å². The molecule has 0 bridgehead atoms. The Hall–Kier alpha value is -1.99. The van der Waals surface area contributed by atoms with Crippen molar-refractivity contribution in [1.82, 2.24) is 19.9 Å². The lowest BCUT2D eigenvalue weighted by molar-refractivity contribution is 0.290. The smallest absolute Gasteiger partial charge is 0.191 e. The van der Waals surface area contributed by atoms with E-state index in [9.17, 15) is 0 Å². The largest absolute Gasteiger partial charge is 0.484 e. The van der Waals surface area contributed by atoms with Crippen molar-refractivity contribution in [2.45, 2.75) is 31.4 Å². The number of halogens is 1. The molecule has 0 aliphatic rings. The van der Waals surface area contributed by atoms with E-state index in [1.807, 2.05) is 43.7 Å². The number of hydrogen-bond acceptors (Lipinski definition) is 6. The van der Waals surface area contributed by atoms with Crippen molar-refractivity contribution >= 4 is 23.4 Å². The second kappa shape index (κ2) is 7.27. The fraction of sp³-hybridized carbons (Fsp3) is 0.312. The van der Waals surface area contributed by atoms with Crippen LogP contribution in [0.4, 0.5) is 0 Å². The lowest BCUT2D eigenvalue weighted by atomic mass is 10.2. The topological polar surface area (TPSA) is 66.0 Å². The first-order chi connectivity index (χ1) is 11.6. The van der Waals surface area contributed by atoms with Gasteiger partial charge in [0.15, 0.2) is 11.0 Å². The molecule has 0 saturated carbocycles. The Morgan fingerprint density at radius 2 is 2.04 bits per heavy atom. The molecule has 0 amide bonds. The standard InChI is InChI=1S/C16H17ClN4O2S/c1-10-12(11(2)23-20-10)9-24-16-19-18-15(21(16)3)8-22-14-7-5-4-6-13(14)17/h4-7H,8-9H2,1-3H3. The SMILES string of the molecule is Cc1noc(C)c1CSc1nnc(COc2ccccc2Cl)n1C. The molecule has 0 unspecified atom stereocenters. The highest BCUT2D eigenvalue weighted by Gasteiger charge is 2.14. The molecule has 3 aromatic rings. The molecule has 0 aliphatic carbocycles. The number of para-hydroxylation sites is 1. The number of aromatic nitrogens is 4. The zero-order valence-electron chi connectivity index (χ0n) is 13.6. The average Bonchev–Trinajstić information content (AvgIpc) is 3.08. The summed E-state index contributed by atoms with van der Waals surface area (Å²) >= 11 is 7.67. The van der Waals surface area contributed by atoms with E-state index in [-0.39, 0.29) is 0 Å². The van der Waals surface area contributed by atoms with E-state index >= 15 is 0 Å². The van der Waals surface area contributed by atoms with Crippen LogP contribution in [0.5, 0.6) is 5.75 Å². The Labute approximate surface area is 149 Å². The van der Waals surface area contributed by atoms with Gasteiger partial charge in [0, 0.05) is 18.4 Å². The molecule has 2 heterocycles. The minimum Gasteiger partial charge on any atom is -0.484 e. The highest BCUT2D eigenvalue weighted by Crippen LogP contribution is 2.26. The summed E-state index contributed by atoms with van der Waals surface area (Å²) in [5.74, 6) is 2.94. The molecular weight excluding hydrogens is 348 g/mol. The molecular formula is C16H17ClN4O2S. The first-order valence-electron chi connectivity index (χ1n) is 7.36. The summed E-state index contributed by atoms with van der Waals surface area (Å²) in [6.07, 6.45) is 0. The van der Waals surface area contributed by atoms with Gasteiger partial charge < -0.3 is 13.8 Å². The third kappa shape index (κ3) is 3.57. The van der Waals surface area contributed by atoms with Crippen LogP contribution in [-0.2, 0) is 19.4 Å². The molecule has 0 saturated heterocycles. The lowest BCUT2D eigenvalue weighted by Gasteiger charge is -2.07. The maximum Gasteiger partial charge on any atom is 0.191 e. The van der Waals surface area contributed by atoms with Crippen LogP contribution < -0.4 is 4.74 Å². The molecule has 24 heavy (non-hydrogen) atoms. The van der Waals surface area contributed by atoms with Gasteiger partial charge in [-0.15, -0.1) is 10.2 Å². The first kappa shape index (κ1) is 16.9. The van der Waals surface area contributed by atoms with Gasteiger partial charge in [0.2, 0.25) is 0 Å². The molecule has 0 fully saturated rings. The Balaban J connectivity index is 1.64. The number of benzene rings is 1. The molecule has 3 rings (SSSR count). The van der Waals surface area contributed by atoms with Gasteiger partial charge >= 0.3 is 0 Å². The van der Waals surface area contributed by atoms with Crippen LogP contribution in [0.3, 0.4) is 0 Å². The van der Waals surface area contributed by atoms with Crippen LogP contribution in [0.1, 0.15) is 22.8 Å². The summed E-state index contributed by atoms with van der Waals surface area (Å²) in [5.41, 5.74) is 2.00. The Kier molecular flexibility index (Phi) is 5.11. The number of hydrogen-bond donors (Lipinski definition) is 0. The van der Waals surface area contributed by atoms with Crippen LogP contribution in [0, 0.1) is 13.8 Å². The molecule has 8 heteroatoms. The van der Waals surface area contributed by atoms with Gasteiger partial charge in [-0.1, -0.05) is 40.7 Å². The van der Waals surface area contributed by atoms with Crippen molar-refractivity contribution in [3.05, 3.63) is 52.1 Å². The van der Waals surface area contributed by atoms with Gasteiger partial charge in [-0.3, -0.25) is 0 Å². The normalized spacial score (nSPS) is 11.0. The molecule has 6 nitrogen and oxygen atoms in total. The van der Waals surface area contributed by atoms with Crippen molar-refractivity contribution in [2.24, 2.45) is 7.05 Å². The van der Waals surface area contributed by atoms with E-state index in [1.54, 1.807) is 17.8 Å². The first-order valence-corrected chi connectivity index (χ1v) is 8.72. The van der Waals surface area contributed by atoms with Gasteiger partial charge in [0.1, 0.15) is 18.1 Å².